The smallest absolute Gasteiger partial charge is 0.328 e. The fourth-order valence-corrected chi connectivity index (χ4v) is 2.93. The van der Waals surface area contributed by atoms with Gasteiger partial charge in [0.1, 0.15) is 0 Å². The van der Waals surface area contributed by atoms with E-state index in [0.29, 0.717) is 15.6 Å². The third-order valence-electron chi connectivity index (χ3n) is 2.87. The number of likely N-dealkylation sites (tertiary alicyclic amines) is 1. The number of amides is 5. The van der Waals surface area contributed by atoms with Gasteiger partial charge in [-0.05, 0) is 24.3 Å². The summed E-state index contributed by atoms with van der Waals surface area (Å²) in [6.45, 7) is 0. The maximum atomic E-state index is 11.8. The number of urea groups is 1. The van der Waals surface area contributed by atoms with Gasteiger partial charge in [0.25, 0.3) is 5.91 Å². The van der Waals surface area contributed by atoms with Gasteiger partial charge in [-0.15, -0.1) is 11.8 Å². The van der Waals surface area contributed by atoms with Gasteiger partial charge in [-0.1, -0.05) is 11.6 Å². The molecule has 22 heavy (non-hydrogen) atoms. The van der Waals surface area contributed by atoms with E-state index < -0.39 is 23.1 Å². The molecular weight excluding hydrogens is 330 g/mol. The van der Waals surface area contributed by atoms with Crippen molar-refractivity contribution < 1.29 is 19.2 Å². The lowest BCUT2D eigenvalue weighted by Gasteiger charge is -2.10. The molecule has 1 aliphatic rings. The number of nitrogens with zero attached hydrogens (tertiary/aromatic N) is 1. The van der Waals surface area contributed by atoms with Crippen LogP contribution in [0.5, 0.6) is 0 Å². The molecular formula is C13H12ClN3O4S. The molecule has 1 fully saturated rings. The molecule has 9 heteroatoms. The van der Waals surface area contributed by atoms with E-state index in [1.54, 1.807) is 24.3 Å². The molecule has 0 saturated carbocycles. The van der Waals surface area contributed by atoms with Gasteiger partial charge < -0.3 is 11.1 Å². The number of benzene rings is 1. The summed E-state index contributed by atoms with van der Waals surface area (Å²) in [4.78, 5) is 46.5. The quantitative estimate of drug-likeness (QED) is 0.800. The first-order valence-corrected chi connectivity index (χ1v) is 7.64. The van der Waals surface area contributed by atoms with Gasteiger partial charge in [-0.25, -0.2) is 4.79 Å². The van der Waals surface area contributed by atoms with Gasteiger partial charge in [-0.2, -0.15) is 4.90 Å². The number of imide groups is 3. The number of thioether (sulfide) groups is 1. The van der Waals surface area contributed by atoms with Crippen molar-refractivity contribution in [2.24, 2.45) is 5.73 Å². The van der Waals surface area contributed by atoms with Crippen molar-refractivity contribution in [3.63, 3.8) is 0 Å². The van der Waals surface area contributed by atoms with E-state index in [0.717, 1.165) is 11.8 Å². The first kappa shape index (κ1) is 16.3. The molecule has 3 N–H and O–H groups in total. The topological polar surface area (TPSA) is 110 Å². The van der Waals surface area contributed by atoms with Gasteiger partial charge in [0.15, 0.2) is 0 Å². The average molecular weight is 342 g/mol. The Hall–Kier alpha value is -2.06. The number of nitrogens with two attached hydrogens (primary N) is 1. The van der Waals surface area contributed by atoms with E-state index in [1.165, 1.54) is 0 Å². The molecule has 1 aromatic carbocycles. The van der Waals surface area contributed by atoms with Crippen molar-refractivity contribution in [3.05, 3.63) is 29.3 Å². The molecule has 1 heterocycles. The van der Waals surface area contributed by atoms with Crippen LogP contribution in [0.2, 0.25) is 5.02 Å². The molecule has 7 nitrogen and oxygen atoms in total. The van der Waals surface area contributed by atoms with Crippen molar-refractivity contribution in [2.75, 3.05) is 11.1 Å². The third-order valence-corrected chi connectivity index (χ3v) is 4.32. The van der Waals surface area contributed by atoms with Gasteiger partial charge >= 0.3 is 6.03 Å². The molecule has 1 aromatic rings. The van der Waals surface area contributed by atoms with E-state index in [4.69, 9.17) is 17.3 Å². The number of hydrogen-bond acceptors (Lipinski definition) is 5. The SMILES string of the molecule is NC(=O)N1C(=O)CC(SCC(=O)Nc2ccc(Cl)cc2)C1=O. The van der Waals surface area contributed by atoms with Crippen LogP contribution in [0.3, 0.4) is 0 Å². The Morgan fingerprint density at radius 2 is 1.95 bits per heavy atom. The third kappa shape index (κ3) is 3.77. The minimum absolute atomic E-state index is 0.0289. The molecule has 5 amide bonds. The van der Waals surface area contributed by atoms with Crippen LogP contribution in [0.4, 0.5) is 10.5 Å². The summed E-state index contributed by atoms with van der Waals surface area (Å²) in [7, 11) is 0. The monoisotopic (exact) mass is 341 g/mol. The van der Waals surface area contributed by atoms with Crippen LogP contribution in [-0.2, 0) is 14.4 Å². The normalized spacial score (nSPS) is 17.7. The zero-order chi connectivity index (χ0) is 16.3. The highest BCUT2D eigenvalue weighted by Crippen LogP contribution is 2.25. The lowest BCUT2D eigenvalue weighted by molar-refractivity contribution is -0.134. The molecule has 0 aliphatic carbocycles. The Balaban J connectivity index is 1.86. The largest absolute Gasteiger partial charge is 0.351 e. The predicted molar refractivity (Wildman–Crippen MR) is 82.4 cm³/mol. The fourth-order valence-electron chi connectivity index (χ4n) is 1.87. The summed E-state index contributed by atoms with van der Waals surface area (Å²) in [5.41, 5.74) is 5.53. The van der Waals surface area contributed by atoms with Crippen LogP contribution >= 0.6 is 23.4 Å². The number of halogens is 1. The molecule has 0 spiro atoms. The van der Waals surface area contributed by atoms with Crippen LogP contribution in [0.25, 0.3) is 0 Å². The maximum absolute atomic E-state index is 11.8. The zero-order valence-electron chi connectivity index (χ0n) is 11.2. The van der Waals surface area contributed by atoms with Crippen LogP contribution < -0.4 is 11.1 Å². The van der Waals surface area contributed by atoms with Crippen molar-refractivity contribution in [3.8, 4) is 0 Å². The lowest BCUT2D eigenvalue weighted by Crippen LogP contribution is -2.41. The summed E-state index contributed by atoms with van der Waals surface area (Å²) in [5.74, 6) is -1.68. The molecule has 0 aromatic heterocycles. The number of carbonyl (C=O) groups excluding carboxylic acids is 4. The Bertz CT molecular complexity index is 635. The van der Waals surface area contributed by atoms with Crippen LogP contribution in [-0.4, -0.2) is 39.7 Å². The van der Waals surface area contributed by atoms with Crippen molar-refractivity contribution >= 4 is 52.8 Å². The van der Waals surface area contributed by atoms with E-state index in [1.807, 2.05) is 0 Å². The highest BCUT2D eigenvalue weighted by atomic mass is 35.5. The number of primary amides is 1. The number of anilines is 1. The predicted octanol–water partition coefficient (Wildman–Crippen LogP) is 1.22. The molecule has 0 radical (unpaired) electrons. The van der Waals surface area contributed by atoms with Crippen molar-refractivity contribution in [1.82, 2.24) is 4.90 Å². The van der Waals surface area contributed by atoms with E-state index in [9.17, 15) is 19.2 Å². The molecule has 1 saturated heterocycles. The standard InChI is InChI=1S/C13H12ClN3O4S/c14-7-1-3-8(4-2-7)16-10(18)6-22-9-5-11(19)17(12(9)20)13(15)21/h1-4,9H,5-6H2,(H2,15,21)(H,16,18). The van der Waals surface area contributed by atoms with Gasteiger partial charge in [0.2, 0.25) is 11.8 Å². The van der Waals surface area contributed by atoms with Crippen molar-refractivity contribution in [2.45, 2.75) is 11.7 Å². The Kier molecular flexibility index (Phi) is 5.04. The lowest BCUT2D eigenvalue weighted by atomic mass is 10.3. The number of carbonyl (C=O) groups is 4. The molecule has 1 atom stereocenters. The summed E-state index contributed by atoms with van der Waals surface area (Å²) in [6, 6.07) is 5.46. The van der Waals surface area contributed by atoms with E-state index in [2.05, 4.69) is 5.32 Å². The summed E-state index contributed by atoms with van der Waals surface area (Å²) in [6.07, 6.45) is -0.138. The first-order chi connectivity index (χ1) is 10.4. The Morgan fingerprint density at radius 1 is 1.32 bits per heavy atom. The van der Waals surface area contributed by atoms with Crippen LogP contribution in [0.15, 0.2) is 24.3 Å². The highest BCUT2D eigenvalue weighted by molar-refractivity contribution is 8.01. The second-order valence-electron chi connectivity index (χ2n) is 4.46. The Labute approximate surface area is 135 Å². The van der Waals surface area contributed by atoms with Crippen LogP contribution in [0, 0.1) is 0 Å². The average Bonchev–Trinajstić information content (AvgIpc) is 2.73. The summed E-state index contributed by atoms with van der Waals surface area (Å²) in [5, 5.41) is 2.42. The van der Waals surface area contributed by atoms with E-state index in [-0.39, 0.29) is 18.1 Å². The number of hydrogen-bond donors (Lipinski definition) is 2. The zero-order valence-corrected chi connectivity index (χ0v) is 12.8. The molecule has 0 bridgehead atoms. The van der Waals surface area contributed by atoms with Gasteiger partial charge in [-0.3, -0.25) is 14.4 Å². The molecule has 2 rings (SSSR count). The van der Waals surface area contributed by atoms with Crippen LogP contribution in [0.1, 0.15) is 6.42 Å². The number of nitrogens with one attached hydrogen (secondary N) is 1. The minimum Gasteiger partial charge on any atom is -0.351 e. The molecule has 1 unspecified atom stereocenters. The number of rotatable bonds is 4. The Morgan fingerprint density at radius 3 is 2.50 bits per heavy atom. The molecule has 116 valence electrons. The summed E-state index contributed by atoms with van der Waals surface area (Å²) >= 11 is 6.73. The first-order valence-electron chi connectivity index (χ1n) is 6.21. The highest BCUT2D eigenvalue weighted by Gasteiger charge is 2.42. The van der Waals surface area contributed by atoms with E-state index >= 15 is 0 Å². The second-order valence-corrected chi connectivity index (χ2v) is 6.09. The summed E-state index contributed by atoms with van der Waals surface area (Å²) < 4.78 is 0. The van der Waals surface area contributed by atoms with Crippen molar-refractivity contribution in [1.29, 1.82) is 0 Å². The molecule has 1 aliphatic heterocycles. The maximum Gasteiger partial charge on any atom is 0.328 e. The second kappa shape index (κ2) is 6.80. The minimum atomic E-state index is -1.09. The van der Waals surface area contributed by atoms with Gasteiger partial charge in [0.05, 0.1) is 11.0 Å². The van der Waals surface area contributed by atoms with Gasteiger partial charge in [0, 0.05) is 17.1 Å². The fraction of sp³-hybridized carbons (Fsp3) is 0.231.